The maximum absolute atomic E-state index is 12.2. The fraction of sp³-hybridized carbons (Fsp3) is 0.417. The molecule has 0 atom stereocenters. The Balaban J connectivity index is 2.08. The molecule has 3 N–H and O–H groups in total. The zero-order chi connectivity index (χ0) is 15.5. The van der Waals surface area contributed by atoms with E-state index in [1.165, 1.54) is 6.07 Å². The largest absolute Gasteiger partial charge is 0.452 e. The molecule has 0 amide bonds. The minimum absolute atomic E-state index is 0.0894. The van der Waals surface area contributed by atoms with Crippen LogP contribution < -0.4 is 10.0 Å². The second kappa shape index (κ2) is 6.73. The van der Waals surface area contributed by atoms with Gasteiger partial charge in [0.2, 0.25) is 10.0 Å². The van der Waals surface area contributed by atoms with Gasteiger partial charge in [-0.25, -0.2) is 13.1 Å². The second-order valence-corrected chi connectivity index (χ2v) is 7.27. The van der Waals surface area contributed by atoms with E-state index in [0.29, 0.717) is 12.3 Å². The number of furan rings is 1. The summed E-state index contributed by atoms with van der Waals surface area (Å²) in [5, 5.41) is 9.56. The van der Waals surface area contributed by atoms with Crippen molar-refractivity contribution in [3.05, 3.63) is 34.5 Å². The van der Waals surface area contributed by atoms with Crippen molar-refractivity contribution in [1.29, 1.82) is 0 Å². The van der Waals surface area contributed by atoms with Gasteiger partial charge in [-0.3, -0.25) is 5.10 Å². The number of nitrogens with one attached hydrogen (secondary N) is 3. The van der Waals surface area contributed by atoms with Crippen LogP contribution in [0.15, 0.2) is 32.4 Å². The molecule has 2 aromatic rings. The van der Waals surface area contributed by atoms with Gasteiger partial charge in [-0.2, -0.15) is 5.10 Å². The first kappa shape index (κ1) is 16.2. The van der Waals surface area contributed by atoms with Crippen LogP contribution in [0.4, 0.5) is 0 Å². The monoisotopic (exact) mass is 376 g/mol. The zero-order valence-corrected chi connectivity index (χ0v) is 14.1. The van der Waals surface area contributed by atoms with Gasteiger partial charge in [0.25, 0.3) is 0 Å². The third-order valence-electron chi connectivity index (χ3n) is 2.70. The van der Waals surface area contributed by atoms with Crippen LogP contribution in [0.25, 0.3) is 0 Å². The van der Waals surface area contributed by atoms with E-state index in [0.717, 1.165) is 5.56 Å². The lowest BCUT2D eigenvalue weighted by atomic mass is 10.3. The summed E-state index contributed by atoms with van der Waals surface area (Å²) in [7, 11) is -3.64. The normalized spacial score (nSPS) is 12.2. The Labute approximate surface area is 131 Å². The summed E-state index contributed by atoms with van der Waals surface area (Å²) in [6.45, 7) is 4.63. The van der Waals surface area contributed by atoms with E-state index in [-0.39, 0.29) is 22.2 Å². The highest BCUT2D eigenvalue weighted by Crippen LogP contribution is 2.26. The molecule has 0 aromatic carbocycles. The van der Waals surface area contributed by atoms with Crippen molar-refractivity contribution in [3.63, 3.8) is 0 Å². The predicted octanol–water partition coefficient (Wildman–Crippen LogP) is 1.74. The van der Waals surface area contributed by atoms with Crippen LogP contribution in [0.5, 0.6) is 0 Å². The van der Waals surface area contributed by atoms with Crippen LogP contribution in [0.1, 0.15) is 25.2 Å². The second-order valence-electron chi connectivity index (χ2n) is 4.82. The number of hydrogen-bond acceptors (Lipinski definition) is 5. The molecule has 0 unspecified atom stereocenters. The maximum atomic E-state index is 12.2. The van der Waals surface area contributed by atoms with Crippen molar-refractivity contribution in [2.45, 2.75) is 37.9 Å². The van der Waals surface area contributed by atoms with Crippen LogP contribution >= 0.6 is 15.9 Å². The lowest BCUT2D eigenvalue weighted by Gasteiger charge is -2.04. The molecule has 0 saturated heterocycles. The Kier molecular flexibility index (Phi) is 5.20. The average Bonchev–Trinajstić information content (AvgIpc) is 3.03. The molecule has 0 aliphatic carbocycles. The molecular formula is C12H17BrN4O3S. The standard InChI is InChI=1S/C12H17BrN4O3S/c1-8(2)14-7-10-3-11(12(13)20-10)21(18,19)17-6-9-4-15-16-5-9/h3-5,8,14,17H,6-7H2,1-2H3,(H,15,16). The summed E-state index contributed by atoms with van der Waals surface area (Å²) in [6.07, 6.45) is 3.19. The highest BCUT2D eigenvalue weighted by molar-refractivity contribution is 9.10. The van der Waals surface area contributed by atoms with Gasteiger partial charge < -0.3 is 9.73 Å². The molecule has 0 aliphatic heterocycles. The molecule has 0 bridgehead atoms. The quantitative estimate of drug-likeness (QED) is 0.683. The maximum Gasteiger partial charge on any atom is 0.245 e. The van der Waals surface area contributed by atoms with Crippen LogP contribution in [0.3, 0.4) is 0 Å². The number of sulfonamides is 1. The SMILES string of the molecule is CC(C)NCc1cc(S(=O)(=O)NCc2cn[nH]c2)c(Br)o1. The third-order valence-corrected chi connectivity index (χ3v) is 4.96. The third kappa shape index (κ3) is 4.40. The highest BCUT2D eigenvalue weighted by Gasteiger charge is 2.22. The Morgan fingerprint density at radius 3 is 2.81 bits per heavy atom. The van der Waals surface area contributed by atoms with E-state index in [1.807, 2.05) is 13.8 Å². The van der Waals surface area contributed by atoms with Crippen LogP contribution in [-0.2, 0) is 23.1 Å². The smallest absolute Gasteiger partial charge is 0.245 e. The number of H-pyrrole nitrogens is 1. The highest BCUT2D eigenvalue weighted by atomic mass is 79.9. The van der Waals surface area contributed by atoms with E-state index in [9.17, 15) is 8.42 Å². The number of hydrogen-bond donors (Lipinski definition) is 3. The zero-order valence-electron chi connectivity index (χ0n) is 11.7. The Hall–Kier alpha value is -1.16. The van der Waals surface area contributed by atoms with Crippen molar-refractivity contribution in [2.75, 3.05) is 0 Å². The molecule has 0 saturated carbocycles. The summed E-state index contributed by atoms with van der Waals surface area (Å²) in [5.41, 5.74) is 0.750. The molecule has 7 nitrogen and oxygen atoms in total. The minimum atomic E-state index is -3.64. The topological polar surface area (TPSA) is 100 Å². The first-order valence-electron chi connectivity index (χ1n) is 6.37. The fourth-order valence-corrected chi connectivity index (χ4v) is 3.62. The molecular weight excluding hydrogens is 360 g/mol. The van der Waals surface area contributed by atoms with Crippen molar-refractivity contribution in [1.82, 2.24) is 20.2 Å². The van der Waals surface area contributed by atoms with Crippen molar-refractivity contribution < 1.29 is 12.8 Å². The molecule has 9 heteroatoms. The summed E-state index contributed by atoms with van der Waals surface area (Å²) >= 11 is 3.15. The summed E-state index contributed by atoms with van der Waals surface area (Å²) in [5.74, 6) is 0.555. The number of halogens is 1. The predicted molar refractivity (Wildman–Crippen MR) is 81.0 cm³/mol. The van der Waals surface area contributed by atoms with E-state index in [4.69, 9.17) is 4.42 Å². The number of rotatable bonds is 7. The lowest BCUT2D eigenvalue weighted by molar-refractivity contribution is 0.447. The molecule has 21 heavy (non-hydrogen) atoms. The van der Waals surface area contributed by atoms with E-state index >= 15 is 0 Å². The first-order valence-corrected chi connectivity index (χ1v) is 8.65. The van der Waals surface area contributed by atoms with Gasteiger partial charge in [-0.15, -0.1) is 0 Å². The summed E-state index contributed by atoms with van der Waals surface area (Å²) < 4.78 is 32.6. The van der Waals surface area contributed by atoms with Crippen LogP contribution in [0.2, 0.25) is 0 Å². The molecule has 2 heterocycles. The van der Waals surface area contributed by atoms with Gasteiger partial charge in [0.15, 0.2) is 4.67 Å². The average molecular weight is 377 g/mol. The van der Waals surface area contributed by atoms with Gasteiger partial charge in [-0.05, 0) is 15.9 Å². The van der Waals surface area contributed by atoms with E-state index in [2.05, 4.69) is 36.2 Å². The van der Waals surface area contributed by atoms with Gasteiger partial charge in [-0.1, -0.05) is 13.8 Å². The molecule has 0 aliphatic rings. The molecule has 2 aromatic heterocycles. The number of aromatic amines is 1. The molecule has 116 valence electrons. The van der Waals surface area contributed by atoms with Gasteiger partial charge in [0.05, 0.1) is 12.7 Å². The van der Waals surface area contributed by atoms with Crippen LogP contribution in [0, 0.1) is 0 Å². The van der Waals surface area contributed by atoms with Crippen molar-refractivity contribution in [2.24, 2.45) is 0 Å². The van der Waals surface area contributed by atoms with E-state index in [1.54, 1.807) is 12.4 Å². The molecule has 0 radical (unpaired) electrons. The molecule has 0 spiro atoms. The summed E-state index contributed by atoms with van der Waals surface area (Å²) in [6, 6.07) is 1.80. The minimum Gasteiger partial charge on any atom is -0.452 e. The van der Waals surface area contributed by atoms with Crippen molar-refractivity contribution >= 4 is 26.0 Å². The number of nitrogens with zero attached hydrogens (tertiary/aromatic N) is 1. The summed E-state index contributed by atoms with van der Waals surface area (Å²) in [4.78, 5) is 0.0894. The van der Waals surface area contributed by atoms with Gasteiger partial charge in [0.1, 0.15) is 10.7 Å². The fourth-order valence-electron chi connectivity index (χ4n) is 1.60. The lowest BCUT2D eigenvalue weighted by Crippen LogP contribution is -2.23. The Bertz CT molecular complexity index is 679. The molecule has 2 rings (SSSR count). The first-order chi connectivity index (χ1) is 9.88. The van der Waals surface area contributed by atoms with Gasteiger partial charge >= 0.3 is 0 Å². The Morgan fingerprint density at radius 2 is 2.19 bits per heavy atom. The molecule has 0 fully saturated rings. The van der Waals surface area contributed by atoms with E-state index < -0.39 is 10.0 Å². The van der Waals surface area contributed by atoms with Crippen LogP contribution in [-0.4, -0.2) is 24.7 Å². The number of aromatic nitrogens is 2. The Morgan fingerprint density at radius 1 is 1.43 bits per heavy atom. The van der Waals surface area contributed by atoms with Gasteiger partial charge in [0, 0.05) is 30.4 Å². The van der Waals surface area contributed by atoms with Crippen molar-refractivity contribution in [3.8, 4) is 0 Å².